The van der Waals surface area contributed by atoms with E-state index in [1.54, 1.807) is 19.1 Å². The minimum Gasteiger partial charge on any atom is -0.391 e. The molecule has 2 aromatic rings. The van der Waals surface area contributed by atoms with Crippen molar-refractivity contribution in [1.82, 2.24) is 15.4 Å². The Hall–Kier alpha value is -2.38. The van der Waals surface area contributed by atoms with E-state index in [1.807, 2.05) is 18.2 Å². The predicted molar refractivity (Wildman–Crippen MR) is 94.4 cm³/mol. The largest absolute Gasteiger partial charge is 0.391 e. The van der Waals surface area contributed by atoms with Gasteiger partial charge in [-0.2, -0.15) is 0 Å². The van der Waals surface area contributed by atoms with Crippen LogP contribution < -0.4 is 5.32 Å². The van der Waals surface area contributed by atoms with Crippen molar-refractivity contribution in [1.29, 1.82) is 0 Å². The van der Waals surface area contributed by atoms with Crippen molar-refractivity contribution in [2.75, 3.05) is 6.54 Å². The summed E-state index contributed by atoms with van der Waals surface area (Å²) in [6.07, 6.45) is -0.524. The molecule has 1 aromatic heterocycles. The highest BCUT2D eigenvalue weighted by molar-refractivity contribution is 6.31. The van der Waals surface area contributed by atoms with E-state index >= 15 is 0 Å². The number of likely N-dealkylation sites (tertiary alicyclic amines) is 1. The summed E-state index contributed by atoms with van der Waals surface area (Å²) < 4.78 is 5.06. The molecule has 2 amide bonds. The average Bonchev–Trinajstić information content (AvgIpc) is 3.19. The van der Waals surface area contributed by atoms with Gasteiger partial charge in [-0.25, -0.2) is 0 Å². The first-order valence-electron chi connectivity index (χ1n) is 8.35. The number of benzene rings is 1. The molecule has 2 heterocycles. The first-order chi connectivity index (χ1) is 12.4. The van der Waals surface area contributed by atoms with Crippen LogP contribution in [0.3, 0.4) is 0 Å². The van der Waals surface area contributed by atoms with E-state index in [9.17, 15) is 14.7 Å². The minimum absolute atomic E-state index is 0.00184. The van der Waals surface area contributed by atoms with Crippen molar-refractivity contribution >= 4 is 23.4 Å². The van der Waals surface area contributed by atoms with Crippen molar-refractivity contribution in [3.63, 3.8) is 0 Å². The molecule has 0 spiro atoms. The zero-order valence-electron chi connectivity index (χ0n) is 14.3. The summed E-state index contributed by atoms with van der Waals surface area (Å²) in [5, 5.41) is 17.0. The zero-order valence-corrected chi connectivity index (χ0v) is 15.1. The summed E-state index contributed by atoms with van der Waals surface area (Å²) in [6, 6.07) is 8.17. The number of aryl methyl sites for hydroxylation is 1. The molecule has 1 saturated heterocycles. The van der Waals surface area contributed by atoms with Crippen molar-refractivity contribution in [3.8, 4) is 0 Å². The molecule has 138 valence electrons. The monoisotopic (exact) mass is 377 g/mol. The smallest absolute Gasteiger partial charge is 0.243 e. The number of carbonyl (C=O) groups excluding carboxylic acids is 2. The Bertz CT molecular complexity index is 807. The fraction of sp³-hybridized carbons (Fsp3) is 0.389. The number of aromatic nitrogens is 1. The zero-order chi connectivity index (χ0) is 18.7. The van der Waals surface area contributed by atoms with Gasteiger partial charge in [0, 0.05) is 30.6 Å². The Labute approximate surface area is 155 Å². The fourth-order valence-corrected chi connectivity index (χ4v) is 3.23. The molecule has 8 heteroatoms. The van der Waals surface area contributed by atoms with E-state index in [2.05, 4.69) is 10.5 Å². The topological polar surface area (TPSA) is 95.7 Å². The van der Waals surface area contributed by atoms with Gasteiger partial charge in [-0.15, -0.1) is 0 Å². The van der Waals surface area contributed by atoms with E-state index in [1.165, 1.54) is 4.90 Å². The first kappa shape index (κ1) is 18.4. The Morgan fingerprint density at radius 3 is 2.88 bits per heavy atom. The number of halogens is 1. The lowest BCUT2D eigenvalue weighted by Crippen LogP contribution is -2.46. The van der Waals surface area contributed by atoms with E-state index in [0.29, 0.717) is 16.5 Å². The standard InChI is InChI=1S/C18H20ClN3O4/c1-11-6-14(26-21-11)8-17(24)22-10-13(23)7-16(22)18(25)20-9-12-4-2-3-5-15(12)19/h2-6,13,16,23H,7-10H2,1H3,(H,20,25)/t13-,16+/m1/s1. The molecule has 26 heavy (non-hydrogen) atoms. The van der Waals surface area contributed by atoms with Crippen molar-refractivity contribution in [2.24, 2.45) is 0 Å². The number of nitrogens with one attached hydrogen (secondary N) is 1. The van der Waals surface area contributed by atoms with Gasteiger partial charge in [0.05, 0.1) is 18.2 Å². The second-order valence-corrected chi connectivity index (χ2v) is 6.78. The molecule has 2 N–H and O–H groups in total. The molecule has 3 rings (SSSR count). The molecule has 0 radical (unpaired) electrons. The number of hydrogen-bond donors (Lipinski definition) is 2. The van der Waals surface area contributed by atoms with Crippen LogP contribution in [-0.4, -0.2) is 45.7 Å². The van der Waals surface area contributed by atoms with E-state index in [-0.39, 0.29) is 37.7 Å². The van der Waals surface area contributed by atoms with Crippen LogP contribution in [0.15, 0.2) is 34.9 Å². The van der Waals surface area contributed by atoms with Gasteiger partial charge in [0.2, 0.25) is 11.8 Å². The summed E-state index contributed by atoms with van der Waals surface area (Å²) in [5.74, 6) is -0.164. The third kappa shape index (κ3) is 4.23. The molecule has 1 aliphatic rings. The van der Waals surface area contributed by atoms with Crippen LogP contribution in [-0.2, 0) is 22.6 Å². The molecular formula is C18H20ClN3O4. The number of aliphatic hydroxyl groups excluding tert-OH is 1. The van der Waals surface area contributed by atoms with Gasteiger partial charge in [0.1, 0.15) is 11.8 Å². The molecule has 0 aliphatic carbocycles. The van der Waals surface area contributed by atoms with Gasteiger partial charge in [0.25, 0.3) is 0 Å². The van der Waals surface area contributed by atoms with Gasteiger partial charge in [-0.05, 0) is 18.6 Å². The first-order valence-corrected chi connectivity index (χ1v) is 8.72. The van der Waals surface area contributed by atoms with Gasteiger partial charge in [-0.1, -0.05) is 35.0 Å². The summed E-state index contributed by atoms with van der Waals surface area (Å²) in [5.41, 5.74) is 1.47. The molecule has 1 aliphatic heterocycles. The van der Waals surface area contributed by atoms with Crippen LogP contribution in [0.25, 0.3) is 0 Å². The predicted octanol–water partition coefficient (Wildman–Crippen LogP) is 1.46. The highest BCUT2D eigenvalue weighted by atomic mass is 35.5. The number of hydrogen-bond acceptors (Lipinski definition) is 5. The Balaban J connectivity index is 1.63. The lowest BCUT2D eigenvalue weighted by Gasteiger charge is -2.23. The SMILES string of the molecule is Cc1cc(CC(=O)N2C[C@H](O)C[C@H]2C(=O)NCc2ccccc2Cl)on1. The lowest BCUT2D eigenvalue weighted by molar-refractivity contribution is -0.138. The highest BCUT2D eigenvalue weighted by Crippen LogP contribution is 2.21. The lowest BCUT2D eigenvalue weighted by atomic mass is 10.1. The van der Waals surface area contributed by atoms with E-state index in [0.717, 1.165) is 5.56 Å². The van der Waals surface area contributed by atoms with Gasteiger partial charge in [0.15, 0.2) is 0 Å². The number of nitrogens with zero attached hydrogens (tertiary/aromatic N) is 2. The van der Waals surface area contributed by atoms with Crippen LogP contribution in [0.1, 0.15) is 23.4 Å². The summed E-state index contributed by atoms with van der Waals surface area (Å²) >= 11 is 6.09. The summed E-state index contributed by atoms with van der Waals surface area (Å²) in [7, 11) is 0. The summed E-state index contributed by atoms with van der Waals surface area (Å²) in [4.78, 5) is 26.5. The molecular weight excluding hydrogens is 358 g/mol. The Kier molecular flexibility index (Phi) is 5.58. The second-order valence-electron chi connectivity index (χ2n) is 6.37. The van der Waals surface area contributed by atoms with Crippen LogP contribution in [0.4, 0.5) is 0 Å². The molecule has 2 atom stereocenters. The molecule has 0 bridgehead atoms. The van der Waals surface area contributed by atoms with Crippen molar-refractivity contribution in [2.45, 2.75) is 38.5 Å². The maximum Gasteiger partial charge on any atom is 0.243 e. The molecule has 0 unspecified atom stereocenters. The summed E-state index contributed by atoms with van der Waals surface area (Å²) in [6.45, 7) is 2.15. The number of β-amino-alcohol motifs (C(OH)–C–C–N with tert-alkyl or cyclic N) is 1. The van der Waals surface area contributed by atoms with Gasteiger partial charge < -0.3 is 19.8 Å². The number of amides is 2. The van der Waals surface area contributed by atoms with Gasteiger partial charge >= 0.3 is 0 Å². The third-order valence-electron chi connectivity index (χ3n) is 4.32. The maximum absolute atomic E-state index is 12.6. The van der Waals surface area contributed by atoms with Gasteiger partial charge in [-0.3, -0.25) is 9.59 Å². The minimum atomic E-state index is -0.730. The third-order valence-corrected chi connectivity index (χ3v) is 4.68. The number of carbonyl (C=O) groups is 2. The number of aliphatic hydroxyl groups is 1. The highest BCUT2D eigenvalue weighted by Gasteiger charge is 2.38. The molecule has 1 fully saturated rings. The normalized spacial score (nSPS) is 19.6. The molecule has 0 saturated carbocycles. The quantitative estimate of drug-likeness (QED) is 0.822. The number of rotatable bonds is 5. The van der Waals surface area contributed by atoms with Crippen LogP contribution in [0, 0.1) is 6.92 Å². The van der Waals surface area contributed by atoms with Crippen molar-refractivity contribution in [3.05, 3.63) is 52.4 Å². The fourth-order valence-electron chi connectivity index (χ4n) is 3.03. The molecule has 7 nitrogen and oxygen atoms in total. The van der Waals surface area contributed by atoms with Crippen molar-refractivity contribution < 1.29 is 19.2 Å². The Morgan fingerprint density at radius 1 is 1.42 bits per heavy atom. The second kappa shape index (κ2) is 7.88. The van der Waals surface area contributed by atoms with E-state index in [4.69, 9.17) is 16.1 Å². The van der Waals surface area contributed by atoms with E-state index < -0.39 is 12.1 Å². The van der Waals surface area contributed by atoms with Crippen LogP contribution in [0.2, 0.25) is 5.02 Å². The van der Waals surface area contributed by atoms with Crippen LogP contribution >= 0.6 is 11.6 Å². The average molecular weight is 378 g/mol. The maximum atomic E-state index is 12.6. The van der Waals surface area contributed by atoms with Crippen LogP contribution in [0.5, 0.6) is 0 Å². The Morgan fingerprint density at radius 2 is 2.19 bits per heavy atom. The molecule has 1 aromatic carbocycles.